The average Bonchev–Trinajstić information content (AvgIpc) is 2.96. The highest BCUT2D eigenvalue weighted by atomic mass is 16.4. The van der Waals surface area contributed by atoms with Crippen LogP contribution in [0.3, 0.4) is 0 Å². The molecular weight excluding hydrogens is 580 g/mol. The zero-order valence-corrected chi connectivity index (χ0v) is 23.2. The van der Waals surface area contributed by atoms with Crippen molar-refractivity contribution >= 4 is 29.8 Å². The van der Waals surface area contributed by atoms with Crippen molar-refractivity contribution in [2.75, 3.05) is 39.6 Å². The van der Waals surface area contributed by atoms with Gasteiger partial charge in [-0.1, -0.05) is 37.3 Å². The van der Waals surface area contributed by atoms with Crippen LogP contribution in [-0.4, -0.2) is 126 Å². The van der Waals surface area contributed by atoms with E-state index in [0.717, 1.165) is 0 Å². The van der Waals surface area contributed by atoms with Crippen LogP contribution in [0.4, 0.5) is 0 Å². The van der Waals surface area contributed by atoms with Crippen molar-refractivity contribution in [3.05, 3.63) is 60.8 Å². The Labute approximate surface area is 245 Å². The maximum atomic E-state index is 11.4. The van der Waals surface area contributed by atoms with Crippen molar-refractivity contribution in [2.24, 2.45) is 21.7 Å². The van der Waals surface area contributed by atoms with Gasteiger partial charge >= 0.3 is 29.8 Å². The predicted octanol–water partition coefficient (Wildman–Crippen LogP) is -1.51. The highest BCUT2D eigenvalue weighted by molar-refractivity contribution is 5.84. The molecule has 0 atom stereocenters. The first-order chi connectivity index (χ1) is 20.0. The van der Waals surface area contributed by atoms with E-state index in [4.69, 9.17) is 30.6 Å². The summed E-state index contributed by atoms with van der Waals surface area (Å²) in [5.41, 5.74) is -7.84. The van der Waals surface area contributed by atoms with Gasteiger partial charge < -0.3 is 56.2 Å². The Morgan fingerprint density at radius 3 is 0.884 bits per heavy atom. The van der Waals surface area contributed by atoms with Gasteiger partial charge in [0.2, 0.25) is 0 Å². The Morgan fingerprint density at radius 1 is 0.465 bits per heavy atom. The van der Waals surface area contributed by atoms with Gasteiger partial charge in [0, 0.05) is 46.6 Å². The normalized spacial score (nSPS) is 15.4. The molecule has 0 aromatic heterocycles. The molecule has 242 valence electrons. The number of allylic oxidation sites excluding steroid dienone is 5. The molecule has 0 unspecified atom stereocenters. The molecule has 16 heteroatoms. The summed E-state index contributed by atoms with van der Waals surface area (Å²) < 4.78 is 0. The van der Waals surface area contributed by atoms with Gasteiger partial charge in [0.15, 0.2) is 0 Å². The molecule has 0 saturated carbocycles. The van der Waals surface area contributed by atoms with E-state index in [-0.39, 0.29) is 19.8 Å². The Bertz CT molecular complexity index is 981. The van der Waals surface area contributed by atoms with Crippen LogP contribution in [0.25, 0.3) is 0 Å². The van der Waals surface area contributed by atoms with Crippen molar-refractivity contribution < 1.29 is 80.1 Å². The summed E-state index contributed by atoms with van der Waals surface area (Å²) in [6, 6.07) is 0. The Hall–Kier alpha value is -4.19. The Balaban J connectivity index is 0. The topological polar surface area (TPSA) is 308 Å². The van der Waals surface area contributed by atoms with Crippen LogP contribution in [0.2, 0.25) is 0 Å². The number of carboxylic acid groups (broad SMARTS) is 5. The molecule has 0 fully saturated rings. The van der Waals surface area contributed by atoms with E-state index in [1.807, 2.05) is 6.92 Å². The molecule has 0 aliphatic rings. The van der Waals surface area contributed by atoms with E-state index < -0.39 is 71.3 Å². The summed E-state index contributed by atoms with van der Waals surface area (Å²) in [5.74, 6) is -8.17. The van der Waals surface area contributed by atoms with Crippen molar-refractivity contribution in [2.45, 2.75) is 13.3 Å². The summed E-state index contributed by atoms with van der Waals surface area (Å²) in [7, 11) is 0. The number of carboxylic acids is 5. The fourth-order valence-electron chi connectivity index (χ4n) is 3.80. The quantitative estimate of drug-likeness (QED) is 0.0733. The minimum Gasteiger partial charge on any atom is -0.478 e. The van der Waals surface area contributed by atoms with Crippen molar-refractivity contribution in [1.82, 2.24) is 0 Å². The second-order valence-corrected chi connectivity index (χ2v) is 9.24. The zero-order valence-electron chi connectivity index (χ0n) is 23.2. The molecule has 11 N–H and O–H groups in total. The highest BCUT2D eigenvalue weighted by Gasteiger charge is 2.57. The standard InChI is InChI=1S/C21H24O13.C6H14O3/c22-11-20(12-23,13-24)21(9-4-17(31)32,10-5-18(33)34)19(6-1-14(25)26,7-2-15(27)28)8-3-16(29)30;1-2-6(3-7,4-8)5-9/h1-10,22-24H,11-13H2,(H,25,26)(H,27,28)(H,29,30)(H,31,32)(H,33,34);7-9H,2-5H2,1H3. The summed E-state index contributed by atoms with van der Waals surface area (Å²) in [6.07, 6.45) is 6.14. The van der Waals surface area contributed by atoms with Crippen LogP contribution in [0.5, 0.6) is 0 Å². The molecule has 0 rings (SSSR count). The number of carbonyl (C=O) groups is 5. The van der Waals surface area contributed by atoms with Crippen LogP contribution in [-0.2, 0) is 24.0 Å². The van der Waals surface area contributed by atoms with E-state index in [2.05, 4.69) is 0 Å². The SMILES string of the molecule is CCC(CO)(CO)CO.O=C(O)C=CC(C=CC(=O)O)(C=CC(=O)O)C(C=CC(=O)O)(C=CC(=O)O)C(CO)(CO)CO. The number of aliphatic carboxylic acids is 5. The highest BCUT2D eigenvalue weighted by Crippen LogP contribution is 2.57. The lowest BCUT2D eigenvalue weighted by atomic mass is 9.50. The van der Waals surface area contributed by atoms with Crippen LogP contribution in [0.15, 0.2) is 60.8 Å². The maximum absolute atomic E-state index is 11.4. The average molecular weight is 619 g/mol. The number of aliphatic hydroxyl groups excluding tert-OH is 6. The minimum absolute atomic E-state index is 0.156. The van der Waals surface area contributed by atoms with Gasteiger partial charge in [0.1, 0.15) is 0 Å². The molecule has 16 nitrogen and oxygen atoms in total. The Kier molecular flexibility index (Phi) is 18.2. The third kappa shape index (κ3) is 11.5. The molecule has 43 heavy (non-hydrogen) atoms. The smallest absolute Gasteiger partial charge is 0.328 e. The van der Waals surface area contributed by atoms with E-state index >= 15 is 0 Å². The van der Waals surface area contributed by atoms with E-state index in [1.54, 1.807) is 0 Å². The van der Waals surface area contributed by atoms with E-state index in [1.165, 1.54) is 0 Å². The van der Waals surface area contributed by atoms with Gasteiger partial charge in [-0.25, -0.2) is 24.0 Å². The zero-order chi connectivity index (χ0) is 33.9. The fraction of sp³-hybridized carbons (Fsp3) is 0.444. The first-order valence-electron chi connectivity index (χ1n) is 12.3. The lowest BCUT2D eigenvalue weighted by molar-refractivity contribution is -0.133. The Morgan fingerprint density at radius 2 is 0.721 bits per heavy atom. The molecule has 0 radical (unpaired) electrons. The van der Waals surface area contributed by atoms with Crippen LogP contribution >= 0.6 is 0 Å². The maximum Gasteiger partial charge on any atom is 0.328 e. The molecule has 0 aromatic carbocycles. The van der Waals surface area contributed by atoms with Crippen molar-refractivity contribution in [3.63, 3.8) is 0 Å². The first kappa shape index (κ1) is 40.9. The summed E-state index contributed by atoms with van der Waals surface area (Å²) in [5, 5.41) is 102. The van der Waals surface area contributed by atoms with E-state index in [0.29, 0.717) is 67.2 Å². The van der Waals surface area contributed by atoms with E-state index in [9.17, 15) is 49.5 Å². The van der Waals surface area contributed by atoms with Gasteiger partial charge in [-0.15, -0.1) is 0 Å². The molecule has 0 amide bonds. The second kappa shape index (κ2) is 19.1. The summed E-state index contributed by atoms with van der Waals surface area (Å²) in [6.45, 7) is -2.19. The summed E-state index contributed by atoms with van der Waals surface area (Å²) in [4.78, 5) is 56.6. The van der Waals surface area contributed by atoms with Crippen LogP contribution in [0, 0.1) is 21.7 Å². The van der Waals surface area contributed by atoms with Gasteiger partial charge in [0.25, 0.3) is 0 Å². The van der Waals surface area contributed by atoms with Crippen molar-refractivity contribution in [3.8, 4) is 0 Å². The number of rotatable bonds is 19. The van der Waals surface area contributed by atoms with Gasteiger partial charge in [-0.2, -0.15) is 0 Å². The molecular formula is C27H38O16. The van der Waals surface area contributed by atoms with Crippen molar-refractivity contribution in [1.29, 1.82) is 0 Å². The third-order valence-corrected chi connectivity index (χ3v) is 6.74. The largest absolute Gasteiger partial charge is 0.478 e. The number of aliphatic hydroxyl groups is 6. The molecule has 0 spiro atoms. The number of hydrogen-bond acceptors (Lipinski definition) is 11. The minimum atomic E-state index is -2.47. The number of hydrogen-bond donors (Lipinski definition) is 11. The predicted molar refractivity (Wildman–Crippen MR) is 146 cm³/mol. The van der Waals surface area contributed by atoms with Crippen LogP contribution in [0.1, 0.15) is 13.3 Å². The fourth-order valence-corrected chi connectivity index (χ4v) is 3.80. The van der Waals surface area contributed by atoms with Crippen LogP contribution < -0.4 is 0 Å². The second-order valence-electron chi connectivity index (χ2n) is 9.24. The third-order valence-electron chi connectivity index (χ3n) is 6.74. The molecule has 0 aromatic rings. The molecule has 0 heterocycles. The lowest BCUT2D eigenvalue weighted by Gasteiger charge is -2.53. The van der Waals surface area contributed by atoms with Gasteiger partial charge in [-0.05, 0) is 6.42 Å². The van der Waals surface area contributed by atoms with Gasteiger partial charge in [0.05, 0.1) is 45.1 Å². The first-order valence-corrected chi connectivity index (χ1v) is 12.3. The summed E-state index contributed by atoms with van der Waals surface area (Å²) >= 11 is 0. The molecule has 0 bridgehead atoms. The molecule has 0 saturated heterocycles. The molecule has 0 aliphatic heterocycles. The van der Waals surface area contributed by atoms with Gasteiger partial charge in [-0.3, -0.25) is 0 Å². The molecule has 0 aliphatic carbocycles. The monoisotopic (exact) mass is 618 g/mol. The lowest BCUT2D eigenvalue weighted by Crippen LogP contribution is -2.56.